The first-order valence-corrected chi connectivity index (χ1v) is 7.38. The number of nitrogens with one attached hydrogen (secondary N) is 1. The number of nitrogens with zero attached hydrogens (tertiary/aromatic N) is 1. The molecule has 1 heterocycles. The molecule has 0 bridgehead atoms. The summed E-state index contributed by atoms with van der Waals surface area (Å²) in [5, 5.41) is 3.56. The van der Waals surface area contributed by atoms with E-state index in [1.54, 1.807) is 0 Å². The first-order chi connectivity index (χ1) is 8.37. The van der Waals surface area contributed by atoms with Crippen molar-refractivity contribution in [2.45, 2.75) is 59.9 Å². The van der Waals surface area contributed by atoms with Gasteiger partial charge in [0, 0.05) is 25.6 Å². The smallest absolute Gasteiger partial charge is 0.223 e. The van der Waals surface area contributed by atoms with Crippen LogP contribution in [-0.2, 0) is 4.79 Å². The van der Waals surface area contributed by atoms with Gasteiger partial charge >= 0.3 is 0 Å². The Bertz CT molecular complexity index is 270. The van der Waals surface area contributed by atoms with E-state index in [1.165, 1.54) is 0 Å². The van der Waals surface area contributed by atoms with Crippen LogP contribution in [0.5, 0.6) is 0 Å². The summed E-state index contributed by atoms with van der Waals surface area (Å²) in [7, 11) is 0. The van der Waals surface area contributed by atoms with Crippen LogP contribution in [0.2, 0.25) is 0 Å². The molecule has 1 N–H and O–H groups in total. The van der Waals surface area contributed by atoms with Crippen LogP contribution in [0.3, 0.4) is 0 Å². The summed E-state index contributed by atoms with van der Waals surface area (Å²) in [5.41, 5.74) is 0.0946. The van der Waals surface area contributed by atoms with Crippen molar-refractivity contribution >= 4 is 5.91 Å². The molecule has 1 saturated heterocycles. The molecule has 1 aliphatic rings. The Labute approximate surface area is 112 Å². The molecule has 0 spiro atoms. The number of likely N-dealkylation sites (tertiary alicyclic amines) is 1. The van der Waals surface area contributed by atoms with Crippen LogP contribution in [-0.4, -0.2) is 36.5 Å². The van der Waals surface area contributed by atoms with Gasteiger partial charge in [0.15, 0.2) is 0 Å². The maximum Gasteiger partial charge on any atom is 0.223 e. The summed E-state index contributed by atoms with van der Waals surface area (Å²) in [5.74, 6) is 0.943. The molecular weight excluding hydrogens is 224 g/mol. The molecular formula is C15H30N2O. The van der Waals surface area contributed by atoms with E-state index in [0.717, 1.165) is 32.5 Å². The van der Waals surface area contributed by atoms with E-state index < -0.39 is 0 Å². The zero-order chi connectivity index (χ0) is 13.8. The van der Waals surface area contributed by atoms with E-state index in [4.69, 9.17) is 0 Å². The highest BCUT2D eigenvalue weighted by molar-refractivity contribution is 5.76. The van der Waals surface area contributed by atoms with Crippen molar-refractivity contribution in [1.82, 2.24) is 10.2 Å². The van der Waals surface area contributed by atoms with Gasteiger partial charge in [-0.15, -0.1) is 0 Å². The maximum atomic E-state index is 12.2. The number of carbonyl (C=O) groups is 1. The quantitative estimate of drug-likeness (QED) is 0.836. The summed E-state index contributed by atoms with van der Waals surface area (Å²) < 4.78 is 0. The highest BCUT2D eigenvalue weighted by Gasteiger charge is 2.31. The molecule has 0 aromatic carbocycles. The summed E-state index contributed by atoms with van der Waals surface area (Å²) in [6, 6.07) is 0.596. The third-order valence-electron chi connectivity index (χ3n) is 3.76. The predicted octanol–water partition coefficient (Wildman–Crippen LogP) is 2.66. The molecule has 0 saturated carbocycles. The van der Waals surface area contributed by atoms with Gasteiger partial charge in [0.05, 0.1) is 0 Å². The first kappa shape index (κ1) is 15.5. The minimum Gasteiger partial charge on any atom is -0.342 e. The number of amides is 1. The third-order valence-corrected chi connectivity index (χ3v) is 3.76. The number of hydrogen-bond donors (Lipinski definition) is 1. The second-order valence-corrected chi connectivity index (χ2v) is 6.70. The molecule has 2 atom stereocenters. The van der Waals surface area contributed by atoms with Gasteiger partial charge in [0.1, 0.15) is 0 Å². The second-order valence-electron chi connectivity index (χ2n) is 6.70. The van der Waals surface area contributed by atoms with Gasteiger partial charge in [-0.3, -0.25) is 4.79 Å². The monoisotopic (exact) mass is 254 g/mol. The zero-order valence-electron chi connectivity index (χ0n) is 12.8. The highest BCUT2D eigenvalue weighted by Crippen LogP contribution is 2.24. The molecule has 2 unspecified atom stereocenters. The SMILES string of the molecule is CCNC1CCN(C(=O)CC(C)(C)C)CC1CC. The second kappa shape index (κ2) is 6.55. The minimum absolute atomic E-state index is 0.0946. The van der Waals surface area contributed by atoms with Crippen LogP contribution in [0.1, 0.15) is 53.9 Å². The van der Waals surface area contributed by atoms with E-state index in [0.29, 0.717) is 24.3 Å². The fourth-order valence-electron chi connectivity index (χ4n) is 2.77. The number of hydrogen-bond acceptors (Lipinski definition) is 2. The zero-order valence-corrected chi connectivity index (χ0v) is 12.8. The van der Waals surface area contributed by atoms with E-state index in [-0.39, 0.29) is 5.41 Å². The molecule has 18 heavy (non-hydrogen) atoms. The fourth-order valence-corrected chi connectivity index (χ4v) is 2.77. The predicted molar refractivity (Wildman–Crippen MR) is 76.5 cm³/mol. The summed E-state index contributed by atoms with van der Waals surface area (Å²) in [4.78, 5) is 14.3. The van der Waals surface area contributed by atoms with Crippen LogP contribution < -0.4 is 5.32 Å². The van der Waals surface area contributed by atoms with Crippen LogP contribution >= 0.6 is 0 Å². The molecule has 0 aliphatic carbocycles. The molecule has 0 aromatic rings. The van der Waals surface area contributed by atoms with Crippen molar-refractivity contribution < 1.29 is 4.79 Å². The van der Waals surface area contributed by atoms with Crippen molar-refractivity contribution in [3.63, 3.8) is 0 Å². The largest absolute Gasteiger partial charge is 0.342 e. The number of rotatable bonds is 4. The van der Waals surface area contributed by atoms with Crippen LogP contribution in [0, 0.1) is 11.3 Å². The lowest BCUT2D eigenvalue weighted by Crippen LogP contribution is -2.51. The number of piperidine rings is 1. The van der Waals surface area contributed by atoms with Crippen LogP contribution in [0.4, 0.5) is 0 Å². The van der Waals surface area contributed by atoms with Crippen LogP contribution in [0.25, 0.3) is 0 Å². The molecule has 3 nitrogen and oxygen atoms in total. The molecule has 0 aromatic heterocycles. The van der Waals surface area contributed by atoms with Crippen molar-refractivity contribution in [2.75, 3.05) is 19.6 Å². The van der Waals surface area contributed by atoms with Gasteiger partial charge in [-0.25, -0.2) is 0 Å². The van der Waals surface area contributed by atoms with Gasteiger partial charge in [0.2, 0.25) is 5.91 Å². The first-order valence-electron chi connectivity index (χ1n) is 7.38. The van der Waals surface area contributed by atoms with Gasteiger partial charge < -0.3 is 10.2 Å². The standard InChI is InChI=1S/C15H30N2O/c1-6-12-11-17(9-8-13(12)16-7-2)14(18)10-15(3,4)5/h12-13,16H,6-11H2,1-5H3. The average Bonchev–Trinajstić information content (AvgIpc) is 2.27. The van der Waals surface area contributed by atoms with Gasteiger partial charge in [-0.05, 0) is 24.3 Å². The summed E-state index contributed by atoms with van der Waals surface area (Å²) >= 11 is 0. The molecule has 3 heteroatoms. The van der Waals surface area contributed by atoms with Crippen LogP contribution in [0.15, 0.2) is 0 Å². The fraction of sp³-hybridized carbons (Fsp3) is 0.933. The van der Waals surface area contributed by atoms with Gasteiger partial charge in [0.25, 0.3) is 0 Å². The molecule has 1 amide bonds. The summed E-state index contributed by atoms with van der Waals surface area (Å²) in [6.45, 7) is 13.7. The van der Waals surface area contributed by atoms with Gasteiger partial charge in [-0.1, -0.05) is 41.0 Å². The van der Waals surface area contributed by atoms with Crippen molar-refractivity contribution in [1.29, 1.82) is 0 Å². The Morgan fingerprint density at radius 2 is 2.00 bits per heavy atom. The molecule has 1 fully saturated rings. The lowest BCUT2D eigenvalue weighted by molar-refractivity contribution is -0.135. The van der Waals surface area contributed by atoms with E-state index in [1.807, 2.05) is 0 Å². The molecule has 106 valence electrons. The maximum absolute atomic E-state index is 12.2. The van der Waals surface area contributed by atoms with E-state index in [2.05, 4.69) is 44.8 Å². The Morgan fingerprint density at radius 3 is 2.50 bits per heavy atom. The van der Waals surface area contributed by atoms with E-state index in [9.17, 15) is 4.79 Å². The topological polar surface area (TPSA) is 32.3 Å². The Kier molecular flexibility index (Phi) is 5.64. The van der Waals surface area contributed by atoms with Crippen molar-refractivity contribution in [3.05, 3.63) is 0 Å². The van der Waals surface area contributed by atoms with Gasteiger partial charge in [-0.2, -0.15) is 0 Å². The molecule has 0 radical (unpaired) electrons. The highest BCUT2D eigenvalue weighted by atomic mass is 16.2. The third kappa shape index (κ3) is 4.60. The molecule has 1 aliphatic heterocycles. The van der Waals surface area contributed by atoms with E-state index >= 15 is 0 Å². The lowest BCUT2D eigenvalue weighted by Gasteiger charge is -2.39. The Balaban J connectivity index is 2.54. The Morgan fingerprint density at radius 1 is 1.33 bits per heavy atom. The molecule has 1 rings (SSSR count). The number of carbonyl (C=O) groups excluding carboxylic acids is 1. The lowest BCUT2D eigenvalue weighted by atomic mass is 9.87. The normalized spacial score (nSPS) is 25.3. The van der Waals surface area contributed by atoms with Crippen molar-refractivity contribution in [3.8, 4) is 0 Å². The Hall–Kier alpha value is -0.570. The summed E-state index contributed by atoms with van der Waals surface area (Å²) in [6.07, 6.45) is 2.91. The van der Waals surface area contributed by atoms with Crippen molar-refractivity contribution in [2.24, 2.45) is 11.3 Å². The average molecular weight is 254 g/mol. The minimum atomic E-state index is 0.0946.